The van der Waals surface area contributed by atoms with Gasteiger partial charge in [0, 0.05) is 22.8 Å². The maximum absolute atomic E-state index is 4.28. The van der Waals surface area contributed by atoms with Crippen molar-refractivity contribution in [2.75, 3.05) is 5.32 Å². The third-order valence-corrected chi connectivity index (χ3v) is 4.07. The van der Waals surface area contributed by atoms with Crippen molar-refractivity contribution in [1.82, 2.24) is 25.4 Å². The average Bonchev–Trinajstić information content (AvgIpc) is 3.31. The molecule has 0 bridgehead atoms. The molecule has 0 aliphatic rings. The summed E-state index contributed by atoms with van der Waals surface area (Å²) in [6, 6.07) is 27.9. The first kappa shape index (κ1) is 17.4. The molecule has 0 spiro atoms. The number of anilines is 2. The molecule has 0 saturated carbocycles. The minimum atomic E-state index is 0.835. The lowest BCUT2D eigenvalue weighted by Gasteiger charge is -2.07. The fourth-order valence-corrected chi connectivity index (χ4v) is 2.71. The lowest BCUT2D eigenvalue weighted by molar-refractivity contribution is 0.942. The SMILES string of the molecule is c1ccc(-c2c[nH]nn2)cc1.c1ccc(Nc2ncnc3ccccc23)cc1. The number of para-hydroxylation sites is 2. The van der Waals surface area contributed by atoms with Crippen LogP contribution >= 0.6 is 0 Å². The maximum Gasteiger partial charge on any atom is 0.141 e. The van der Waals surface area contributed by atoms with Crippen LogP contribution in [-0.4, -0.2) is 25.4 Å². The Bertz CT molecular complexity index is 1120. The molecular formula is C22H18N6. The molecule has 0 amide bonds. The maximum atomic E-state index is 4.28. The van der Waals surface area contributed by atoms with Crippen LogP contribution in [0.3, 0.4) is 0 Å². The van der Waals surface area contributed by atoms with Crippen LogP contribution in [0.25, 0.3) is 22.2 Å². The fraction of sp³-hybridized carbons (Fsp3) is 0. The van der Waals surface area contributed by atoms with Crippen molar-refractivity contribution < 1.29 is 0 Å². The van der Waals surface area contributed by atoms with Crippen LogP contribution in [0.15, 0.2) is 97.5 Å². The van der Waals surface area contributed by atoms with Crippen molar-refractivity contribution in [1.29, 1.82) is 0 Å². The Morgan fingerprint density at radius 1 is 0.714 bits per heavy atom. The Balaban J connectivity index is 0.000000151. The third-order valence-electron chi connectivity index (χ3n) is 4.07. The molecule has 0 fully saturated rings. The second-order valence-corrected chi connectivity index (χ2v) is 5.96. The molecule has 6 heteroatoms. The summed E-state index contributed by atoms with van der Waals surface area (Å²) in [5, 5.41) is 14.5. The zero-order chi connectivity index (χ0) is 19.0. The first-order chi connectivity index (χ1) is 13.9. The van der Waals surface area contributed by atoms with Crippen molar-refractivity contribution in [3.63, 3.8) is 0 Å². The zero-order valence-corrected chi connectivity index (χ0v) is 15.0. The van der Waals surface area contributed by atoms with Gasteiger partial charge >= 0.3 is 0 Å². The summed E-state index contributed by atoms with van der Waals surface area (Å²) in [6.07, 6.45) is 3.35. The molecule has 2 heterocycles. The van der Waals surface area contributed by atoms with Crippen LogP contribution < -0.4 is 5.32 Å². The van der Waals surface area contributed by atoms with Crippen LogP contribution in [0, 0.1) is 0 Å². The predicted molar refractivity (Wildman–Crippen MR) is 111 cm³/mol. The Kier molecular flexibility index (Phi) is 5.30. The highest BCUT2D eigenvalue weighted by molar-refractivity contribution is 5.90. The number of rotatable bonds is 3. The summed E-state index contributed by atoms with van der Waals surface area (Å²) >= 11 is 0. The number of hydrogen-bond donors (Lipinski definition) is 2. The Hall–Kier alpha value is -4.06. The Morgan fingerprint density at radius 2 is 1.43 bits per heavy atom. The molecule has 5 aromatic rings. The van der Waals surface area contributed by atoms with Crippen molar-refractivity contribution in [2.45, 2.75) is 0 Å². The molecule has 0 aliphatic heterocycles. The van der Waals surface area contributed by atoms with Crippen molar-refractivity contribution in [3.05, 3.63) is 97.5 Å². The number of aromatic amines is 1. The van der Waals surface area contributed by atoms with Crippen LogP contribution in [-0.2, 0) is 0 Å². The fourth-order valence-electron chi connectivity index (χ4n) is 2.71. The second kappa shape index (κ2) is 8.55. The second-order valence-electron chi connectivity index (χ2n) is 5.96. The summed E-state index contributed by atoms with van der Waals surface area (Å²) in [5.74, 6) is 0.835. The van der Waals surface area contributed by atoms with E-state index >= 15 is 0 Å². The van der Waals surface area contributed by atoms with E-state index in [1.165, 1.54) is 0 Å². The van der Waals surface area contributed by atoms with Gasteiger partial charge in [0.15, 0.2) is 0 Å². The van der Waals surface area contributed by atoms with Crippen LogP contribution in [0.5, 0.6) is 0 Å². The predicted octanol–water partition coefficient (Wildman–Crippen LogP) is 4.85. The Morgan fingerprint density at radius 3 is 2.18 bits per heavy atom. The summed E-state index contributed by atoms with van der Waals surface area (Å²) in [5.41, 5.74) is 3.93. The van der Waals surface area contributed by atoms with Gasteiger partial charge in [-0.05, 0) is 24.3 Å². The molecular weight excluding hydrogens is 348 g/mol. The third kappa shape index (κ3) is 4.19. The first-order valence-corrected chi connectivity index (χ1v) is 8.84. The van der Waals surface area contributed by atoms with Gasteiger partial charge in [-0.15, -0.1) is 5.10 Å². The van der Waals surface area contributed by atoms with Crippen molar-refractivity contribution in [2.24, 2.45) is 0 Å². The molecule has 3 aromatic carbocycles. The van der Waals surface area contributed by atoms with Gasteiger partial charge in [-0.25, -0.2) is 9.97 Å². The van der Waals surface area contributed by atoms with Gasteiger partial charge in [-0.2, -0.15) is 0 Å². The highest BCUT2D eigenvalue weighted by Crippen LogP contribution is 2.22. The number of H-pyrrole nitrogens is 1. The lowest BCUT2D eigenvalue weighted by atomic mass is 10.2. The van der Waals surface area contributed by atoms with Crippen molar-refractivity contribution in [3.8, 4) is 11.3 Å². The van der Waals surface area contributed by atoms with Crippen LogP contribution in [0.1, 0.15) is 0 Å². The topological polar surface area (TPSA) is 79.4 Å². The Labute approximate surface area is 162 Å². The molecule has 0 aliphatic carbocycles. The zero-order valence-electron chi connectivity index (χ0n) is 15.0. The lowest BCUT2D eigenvalue weighted by Crippen LogP contribution is -1.95. The van der Waals surface area contributed by atoms with E-state index in [1.54, 1.807) is 12.5 Å². The van der Waals surface area contributed by atoms with E-state index in [2.05, 4.69) is 30.7 Å². The normalized spacial score (nSPS) is 10.1. The van der Waals surface area contributed by atoms with Gasteiger partial charge in [0.05, 0.1) is 5.52 Å². The minimum Gasteiger partial charge on any atom is -0.340 e. The number of nitrogens with zero attached hydrogens (tertiary/aromatic N) is 4. The smallest absolute Gasteiger partial charge is 0.141 e. The van der Waals surface area contributed by atoms with E-state index < -0.39 is 0 Å². The monoisotopic (exact) mass is 366 g/mol. The molecule has 0 unspecified atom stereocenters. The molecule has 0 saturated heterocycles. The first-order valence-electron chi connectivity index (χ1n) is 8.84. The number of aromatic nitrogens is 5. The molecule has 136 valence electrons. The van der Waals surface area contributed by atoms with Gasteiger partial charge in [0.2, 0.25) is 0 Å². The van der Waals surface area contributed by atoms with E-state index in [0.717, 1.165) is 33.7 Å². The molecule has 2 aromatic heterocycles. The highest BCUT2D eigenvalue weighted by atomic mass is 15.3. The molecule has 6 nitrogen and oxygen atoms in total. The van der Waals surface area contributed by atoms with Crippen LogP contribution in [0.4, 0.5) is 11.5 Å². The molecule has 0 radical (unpaired) electrons. The number of nitrogens with one attached hydrogen (secondary N) is 2. The standard InChI is InChI=1S/C14H11N3.C8H7N3/c1-2-6-11(7-3-1)17-14-12-8-4-5-9-13(12)15-10-16-14;1-2-4-7(5-3-1)8-6-9-11-10-8/h1-10H,(H,15,16,17);1-6H,(H,9,10,11). The van der Waals surface area contributed by atoms with Gasteiger partial charge in [-0.3, -0.25) is 5.10 Å². The van der Waals surface area contributed by atoms with E-state index in [0.29, 0.717) is 0 Å². The van der Waals surface area contributed by atoms with Gasteiger partial charge in [0.25, 0.3) is 0 Å². The quantitative estimate of drug-likeness (QED) is 0.477. The number of hydrogen-bond acceptors (Lipinski definition) is 5. The molecule has 0 atom stereocenters. The number of benzene rings is 3. The van der Waals surface area contributed by atoms with Gasteiger partial charge in [0.1, 0.15) is 17.8 Å². The summed E-state index contributed by atoms with van der Waals surface area (Å²) in [7, 11) is 0. The summed E-state index contributed by atoms with van der Waals surface area (Å²) < 4.78 is 0. The summed E-state index contributed by atoms with van der Waals surface area (Å²) in [4.78, 5) is 8.51. The van der Waals surface area contributed by atoms with E-state index in [-0.39, 0.29) is 0 Å². The van der Waals surface area contributed by atoms with E-state index in [4.69, 9.17) is 0 Å². The molecule has 2 N–H and O–H groups in total. The minimum absolute atomic E-state index is 0.835. The van der Waals surface area contributed by atoms with Crippen LogP contribution in [0.2, 0.25) is 0 Å². The number of fused-ring (bicyclic) bond motifs is 1. The highest BCUT2D eigenvalue weighted by Gasteiger charge is 2.02. The van der Waals surface area contributed by atoms with Crippen molar-refractivity contribution >= 4 is 22.4 Å². The van der Waals surface area contributed by atoms with Gasteiger partial charge in [-0.1, -0.05) is 65.9 Å². The van der Waals surface area contributed by atoms with E-state index in [1.807, 2.05) is 84.9 Å². The van der Waals surface area contributed by atoms with Gasteiger partial charge < -0.3 is 5.32 Å². The summed E-state index contributed by atoms with van der Waals surface area (Å²) in [6.45, 7) is 0. The molecule has 28 heavy (non-hydrogen) atoms. The van der Waals surface area contributed by atoms with E-state index in [9.17, 15) is 0 Å². The average molecular weight is 366 g/mol. The largest absolute Gasteiger partial charge is 0.340 e. The molecule has 5 rings (SSSR count).